The molecule has 3 N–H and O–H groups in total. The molecular weight excluding hydrogens is 210 g/mol. The van der Waals surface area contributed by atoms with Crippen molar-refractivity contribution in [2.45, 2.75) is 20.4 Å². The highest BCUT2D eigenvalue weighted by Gasteiger charge is 2.00. The number of benzene rings is 1. The van der Waals surface area contributed by atoms with Crippen molar-refractivity contribution in [3.63, 3.8) is 0 Å². The molecule has 0 saturated heterocycles. The summed E-state index contributed by atoms with van der Waals surface area (Å²) in [6.45, 7) is 4.86. The van der Waals surface area contributed by atoms with Gasteiger partial charge < -0.3 is 11.1 Å². The molecule has 3 heteroatoms. The summed E-state index contributed by atoms with van der Waals surface area (Å²) in [6.07, 6.45) is 1.67. The van der Waals surface area contributed by atoms with Crippen LogP contribution in [0.4, 0.5) is 11.5 Å². The van der Waals surface area contributed by atoms with Crippen LogP contribution in [-0.2, 0) is 6.54 Å². The Bertz CT molecular complexity index is 503. The van der Waals surface area contributed by atoms with Crippen LogP contribution in [0.5, 0.6) is 0 Å². The molecule has 2 aromatic rings. The van der Waals surface area contributed by atoms with Crippen molar-refractivity contribution >= 4 is 11.5 Å². The van der Waals surface area contributed by atoms with Crippen LogP contribution in [0, 0.1) is 13.8 Å². The molecule has 0 unspecified atom stereocenters. The zero-order valence-corrected chi connectivity index (χ0v) is 10.2. The first-order valence-electron chi connectivity index (χ1n) is 5.66. The topological polar surface area (TPSA) is 50.9 Å². The van der Waals surface area contributed by atoms with E-state index in [0.29, 0.717) is 5.69 Å². The number of aromatic nitrogens is 1. The zero-order valence-electron chi connectivity index (χ0n) is 10.2. The van der Waals surface area contributed by atoms with Gasteiger partial charge in [-0.3, -0.25) is 0 Å². The molecule has 0 bridgehead atoms. The minimum absolute atomic E-state index is 0.698. The Morgan fingerprint density at radius 3 is 2.53 bits per heavy atom. The first-order valence-corrected chi connectivity index (χ1v) is 5.66. The third kappa shape index (κ3) is 2.97. The van der Waals surface area contributed by atoms with E-state index >= 15 is 0 Å². The summed E-state index contributed by atoms with van der Waals surface area (Å²) >= 11 is 0. The van der Waals surface area contributed by atoms with Crippen LogP contribution >= 0.6 is 0 Å². The van der Waals surface area contributed by atoms with E-state index < -0.39 is 0 Å². The van der Waals surface area contributed by atoms with Gasteiger partial charge in [0.25, 0.3) is 0 Å². The van der Waals surface area contributed by atoms with Crippen LogP contribution < -0.4 is 11.1 Å². The highest BCUT2D eigenvalue weighted by molar-refractivity contribution is 5.51. The summed E-state index contributed by atoms with van der Waals surface area (Å²) in [7, 11) is 0. The predicted octanol–water partition coefficient (Wildman–Crippen LogP) is 2.89. The lowest BCUT2D eigenvalue weighted by Crippen LogP contribution is -2.03. The van der Waals surface area contributed by atoms with Crippen molar-refractivity contribution < 1.29 is 0 Å². The van der Waals surface area contributed by atoms with Crippen LogP contribution in [0.25, 0.3) is 0 Å². The number of anilines is 2. The first kappa shape index (κ1) is 11.5. The molecule has 0 radical (unpaired) electrons. The van der Waals surface area contributed by atoms with Crippen molar-refractivity contribution in [2.75, 3.05) is 11.1 Å². The molecule has 1 aromatic carbocycles. The fourth-order valence-electron chi connectivity index (χ4n) is 1.67. The van der Waals surface area contributed by atoms with Gasteiger partial charge in [0.05, 0.1) is 11.9 Å². The van der Waals surface area contributed by atoms with Gasteiger partial charge in [0.2, 0.25) is 0 Å². The van der Waals surface area contributed by atoms with Crippen LogP contribution in [0.3, 0.4) is 0 Å². The number of pyridine rings is 1. The summed E-state index contributed by atoms with van der Waals surface area (Å²) in [5, 5.41) is 3.31. The molecule has 2 rings (SSSR count). The van der Waals surface area contributed by atoms with E-state index in [0.717, 1.165) is 17.9 Å². The van der Waals surface area contributed by atoms with Gasteiger partial charge in [-0.2, -0.15) is 0 Å². The second-order valence-electron chi connectivity index (χ2n) is 4.27. The van der Waals surface area contributed by atoms with E-state index in [1.807, 2.05) is 13.0 Å². The smallest absolute Gasteiger partial charge is 0.129 e. The third-order valence-electron chi connectivity index (χ3n) is 2.68. The number of rotatable bonds is 3. The summed E-state index contributed by atoms with van der Waals surface area (Å²) < 4.78 is 0. The Kier molecular flexibility index (Phi) is 3.28. The van der Waals surface area contributed by atoms with Gasteiger partial charge >= 0.3 is 0 Å². The Morgan fingerprint density at radius 1 is 1.18 bits per heavy atom. The highest BCUT2D eigenvalue weighted by atomic mass is 15.0. The van der Waals surface area contributed by atoms with Crippen LogP contribution in [0.1, 0.15) is 16.7 Å². The molecule has 0 aliphatic rings. The molecule has 1 heterocycles. The number of nitrogens with two attached hydrogens (primary N) is 1. The number of nitrogens with one attached hydrogen (secondary N) is 1. The normalized spacial score (nSPS) is 10.2. The van der Waals surface area contributed by atoms with Gasteiger partial charge in [0.15, 0.2) is 0 Å². The number of hydrogen-bond donors (Lipinski definition) is 2. The van der Waals surface area contributed by atoms with Gasteiger partial charge in [-0.15, -0.1) is 0 Å². The van der Waals surface area contributed by atoms with Gasteiger partial charge in [0, 0.05) is 6.54 Å². The summed E-state index contributed by atoms with van der Waals surface area (Å²) in [5.41, 5.74) is 9.94. The highest BCUT2D eigenvalue weighted by Crippen LogP contribution is 2.15. The maximum Gasteiger partial charge on any atom is 0.129 e. The fourth-order valence-corrected chi connectivity index (χ4v) is 1.67. The Morgan fingerprint density at radius 2 is 1.88 bits per heavy atom. The van der Waals surface area contributed by atoms with E-state index in [9.17, 15) is 0 Å². The molecule has 17 heavy (non-hydrogen) atoms. The number of nitrogen functional groups attached to an aromatic ring is 1. The minimum Gasteiger partial charge on any atom is -0.397 e. The van der Waals surface area contributed by atoms with E-state index in [-0.39, 0.29) is 0 Å². The number of hydrogen-bond acceptors (Lipinski definition) is 3. The standard InChI is InChI=1S/C14H17N3/c1-10-3-5-12(6-4-10)8-16-14-11(2)7-13(15)9-17-14/h3-7,9H,8,15H2,1-2H3,(H,16,17). The second kappa shape index (κ2) is 4.87. The van der Waals surface area contributed by atoms with Gasteiger partial charge in [-0.1, -0.05) is 29.8 Å². The molecule has 0 aliphatic carbocycles. The number of aryl methyl sites for hydroxylation is 2. The average molecular weight is 227 g/mol. The molecule has 0 aliphatic heterocycles. The lowest BCUT2D eigenvalue weighted by Gasteiger charge is -2.09. The second-order valence-corrected chi connectivity index (χ2v) is 4.27. The lowest BCUT2D eigenvalue weighted by molar-refractivity contribution is 1.10. The van der Waals surface area contributed by atoms with Crippen molar-refractivity contribution in [1.29, 1.82) is 0 Å². The van der Waals surface area contributed by atoms with Crippen molar-refractivity contribution in [1.82, 2.24) is 4.98 Å². The molecule has 1 aromatic heterocycles. The molecule has 0 atom stereocenters. The Labute approximate surface area is 102 Å². The van der Waals surface area contributed by atoms with E-state index in [4.69, 9.17) is 5.73 Å². The molecule has 0 fully saturated rings. The monoisotopic (exact) mass is 227 g/mol. The van der Waals surface area contributed by atoms with Crippen LogP contribution in [0.15, 0.2) is 36.5 Å². The average Bonchev–Trinajstić information content (AvgIpc) is 2.30. The predicted molar refractivity (Wildman–Crippen MR) is 71.9 cm³/mol. The minimum atomic E-state index is 0.698. The molecule has 88 valence electrons. The lowest BCUT2D eigenvalue weighted by atomic mass is 10.1. The molecule has 0 amide bonds. The molecule has 0 spiro atoms. The largest absolute Gasteiger partial charge is 0.397 e. The summed E-state index contributed by atoms with van der Waals surface area (Å²) in [5.74, 6) is 0.889. The fraction of sp³-hybridized carbons (Fsp3) is 0.214. The zero-order chi connectivity index (χ0) is 12.3. The Hall–Kier alpha value is -2.03. The summed E-state index contributed by atoms with van der Waals surface area (Å²) in [6, 6.07) is 10.4. The van der Waals surface area contributed by atoms with Gasteiger partial charge in [-0.25, -0.2) is 4.98 Å². The first-order chi connectivity index (χ1) is 8.15. The van der Waals surface area contributed by atoms with E-state index in [1.54, 1.807) is 6.20 Å². The quantitative estimate of drug-likeness (QED) is 0.847. The van der Waals surface area contributed by atoms with E-state index in [1.165, 1.54) is 11.1 Å². The van der Waals surface area contributed by atoms with E-state index in [2.05, 4.69) is 41.5 Å². The van der Waals surface area contributed by atoms with Crippen molar-refractivity contribution in [2.24, 2.45) is 0 Å². The van der Waals surface area contributed by atoms with Gasteiger partial charge in [0.1, 0.15) is 5.82 Å². The van der Waals surface area contributed by atoms with Crippen LogP contribution in [0.2, 0.25) is 0 Å². The van der Waals surface area contributed by atoms with Gasteiger partial charge in [-0.05, 0) is 31.0 Å². The van der Waals surface area contributed by atoms with Crippen LogP contribution in [-0.4, -0.2) is 4.98 Å². The third-order valence-corrected chi connectivity index (χ3v) is 2.68. The van der Waals surface area contributed by atoms with Crippen molar-refractivity contribution in [3.05, 3.63) is 53.2 Å². The Balaban J connectivity index is 2.04. The summed E-state index contributed by atoms with van der Waals surface area (Å²) in [4.78, 5) is 4.27. The molecule has 0 saturated carbocycles. The molecular formula is C14H17N3. The number of nitrogens with zero attached hydrogens (tertiary/aromatic N) is 1. The molecule has 3 nitrogen and oxygen atoms in total. The maximum atomic E-state index is 5.66. The SMILES string of the molecule is Cc1ccc(CNc2ncc(N)cc2C)cc1. The van der Waals surface area contributed by atoms with Crippen molar-refractivity contribution in [3.8, 4) is 0 Å². The maximum absolute atomic E-state index is 5.66.